The summed E-state index contributed by atoms with van der Waals surface area (Å²) in [7, 11) is -3.43. The molecule has 0 bridgehead atoms. The minimum absolute atomic E-state index is 0.0395. The van der Waals surface area contributed by atoms with Gasteiger partial charge in [-0.15, -0.1) is 11.3 Å². The monoisotopic (exact) mass is 303 g/mol. The lowest BCUT2D eigenvalue weighted by Gasteiger charge is -2.34. The zero-order valence-electron chi connectivity index (χ0n) is 11.3. The van der Waals surface area contributed by atoms with Crippen molar-refractivity contribution in [1.82, 2.24) is 4.72 Å². The van der Waals surface area contributed by atoms with Gasteiger partial charge >= 0.3 is 0 Å². The highest BCUT2D eigenvalue weighted by Crippen LogP contribution is 2.35. The summed E-state index contributed by atoms with van der Waals surface area (Å²) >= 11 is 1.13. The van der Waals surface area contributed by atoms with Gasteiger partial charge in [0.2, 0.25) is 10.0 Å². The molecule has 1 aromatic heterocycles. The van der Waals surface area contributed by atoms with Gasteiger partial charge in [-0.05, 0) is 43.2 Å². The summed E-state index contributed by atoms with van der Waals surface area (Å²) in [6, 6.07) is 3.26. The van der Waals surface area contributed by atoms with Crippen LogP contribution in [0, 0.1) is 5.41 Å². The van der Waals surface area contributed by atoms with E-state index in [0.717, 1.165) is 37.0 Å². The third-order valence-corrected chi connectivity index (χ3v) is 6.80. The molecule has 0 aromatic carbocycles. The van der Waals surface area contributed by atoms with Gasteiger partial charge in [0.25, 0.3) is 0 Å². The van der Waals surface area contributed by atoms with E-state index in [1.807, 2.05) is 0 Å². The maximum atomic E-state index is 12.2. The lowest BCUT2D eigenvalue weighted by atomic mass is 9.76. The van der Waals surface area contributed by atoms with Crippen LogP contribution in [-0.4, -0.2) is 19.6 Å². The molecule has 0 radical (unpaired) electrons. The summed E-state index contributed by atoms with van der Waals surface area (Å²) in [6.45, 7) is 4.34. The van der Waals surface area contributed by atoms with Crippen LogP contribution in [0.25, 0.3) is 0 Å². The Hall–Kier alpha value is -0.430. The molecule has 0 saturated heterocycles. The molecule has 19 heavy (non-hydrogen) atoms. The van der Waals surface area contributed by atoms with Crippen LogP contribution in [0.5, 0.6) is 0 Å². The first kappa shape index (κ1) is 15.0. The Morgan fingerprint density at radius 2 is 2.00 bits per heavy atom. The fraction of sp³-hybridized carbons (Fsp3) is 0.692. The summed E-state index contributed by atoms with van der Waals surface area (Å²) in [4.78, 5) is 0.671. The number of hydrogen-bond acceptors (Lipinski definition) is 4. The molecule has 2 rings (SSSR count). The maximum absolute atomic E-state index is 12.2. The Balaban J connectivity index is 2.02. The quantitative estimate of drug-likeness (QED) is 0.898. The average Bonchev–Trinajstić information content (AvgIpc) is 2.81. The predicted molar refractivity (Wildman–Crippen MR) is 76.6 cm³/mol. The molecule has 1 saturated carbocycles. The smallest absolute Gasteiger partial charge is 0.250 e. The number of aliphatic hydroxyl groups is 1. The topological polar surface area (TPSA) is 66.4 Å². The normalized spacial score (nSPS) is 20.6. The van der Waals surface area contributed by atoms with Gasteiger partial charge < -0.3 is 5.11 Å². The molecular weight excluding hydrogens is 282 g/mol. The van der Waals surface area contributed by atoms with E-state index in [2.05, 4.69) is 18.6 Å². The van der Waals surface area contributed by atoms with Crippen LogP contribution < -0.4 is 4.72 Å². The first-order chi connectivity index (χ1) is 8.82. The third kappa shape index (κ3) is 3.78. The molecule has 1 heterocycles. The van der Waals surface area contributed by atoms with E-state index in [9.17, 15) is 8.42 Å². The van der Waals surface area contributed by atoms with Crippen LogP contribution in [0.2, 0.25) is 0 Å². The Bertz CT molecular complexity index is 524. The molecule has 0 unspecified atom stereocenters. The number of sulfonamides is 1. The lowest BCUT2D eigenvalue weighted by molar-refractivity contribution is 0.218. The van der Waals surface area contributed by atoms with E-state index in [4.69, 9.17) is 5.11 Å². The van der Waals surface area contributed by atoms with Crippen LogP contribution in [0.1, 0.15) is 44.4 Å². The summed E-state index contributed by atoms with van der Waals surface area (Å²) in [6.07, 6.45) is 3.88. The highest BCUT2D eigenvalue weighted by molar-refractivity contribution is 7.91. The molecule has 1 aromatic rings. The third-order valence-electron chi connectivity index (χ3n) is 3.72. The highest BCUT2D eigenvalue weighted by Gasteiger charge is 2.30. The Morgan fingerprint density at radius 3 is 2.53 bits per heavy atom. The van der Waals surface area contributed by atoms with E-state index in [1.54, 1.807) is 12.1 Å². The van der Waals surface area contributed by atoms with Crippen molar-refractivity contribution in [2.24, 2.45) is 5.41 Å². The molecule has 0 spiro atoms. The number of thiophene rings is 1. The molecular formula is C13H21NO3S2. The molecule has 1 fully saturated rings. The van der Waals surface area contributed by atoms with E-state index < -0.39 is 10.0 Å². The largest absolute Gasteiger partial charge is 0.391 e. The Kier molecular flexibility index (Phi) is 4.35. The van der Waals surface area contributed by atoms with Gasteiger partial charge in [-0.1, -0.05) is 13.8 Å². The van der Waals surface area contributed by atoms with Crippen LogP contribution in [0.3, 0.4) is 0 Å². The minimum Gasteiger partial charge on any atom is -0.391 e. The van der Waals surface area contributed by atoms with Crippen molar-refractivity contribution in [3.8, 4) is 0 Å². The summed E-state index contributed by atoms with van der Waals surface area (Å²) in [5.41, 5.74) is 0.328. The van der Waals surface area contributed by atoms with Crippen molar-refractivity contribution < 1.29 is 13.5 Å². The van der Waals surface area contributed by atoms with Gasteiger partial charge in [-0.2, -0.15) is 0 Å². The minimum atomic E-state index is -3.43. The number of rotatable bonds is 4. The first-order valence-corrected chi connectivity index (χ1v) is 8.84. The zero-order chi connectivity index (χ0) is 14.1. The number of nitrogens with one attached hydrogen (secondary N) is 1. The standard InChI is InChI=1S/C13H21NO3S2/c1-13(2)7-5-10(6-8-13)14-19(16,17)12-4-3-11(9-15)18-12/h3-4,10,14-15H,5-9H2,1-2H3. The predicted octanol–water partition coefficient (Wildman–Crippen LogP) is 2.49. The van der Waals surface area contributed by atoms with E-state index >= 15 is 0 Å². The van der Waals surface area contributed by atoms with Crippen LogP contribution in [0.15, 0.2) is 16.3 Å². The molecule has 1 aliphatic rings. The fourth-order valence-corrected chi connectivity index (χ4v) is 4.92. The summed E-state index contributed by atoms with van der Waals surface area (Å²) < 4.78 is 27.5. The van der Waals surface area contributed by atoms with Crippen molar-refractivity contribution in [2.45, 2.75) is 56.4 Å². The average molecular weight is 303 g/mol. The van der Waals surface area contributed by atoms with Crippen LogP contribution in [-0.2, 0) is 16.6 Å². The second-order valence-electron chi connectivity index (χ2n) is 5.94. The second kappa shape index (κ2) is 5.52. The number of aliphatic hydroxyl groups excluding tert-OH is 1. The Morgan fingerprint density at radius 1 is 1.37 bits per heavy atom. The molecule has 1 aliphatic carbocycles. The number of hydrogen-bond donors (Lipinski definition) is 2. The molecule has 4 nitrogen and oxygen atoms in total. The highest BCUT2D eigenvalue weighted by atomic mass is 32.2. The van der Waals surface area contributed by atoms with E-state index in [0.29, 0.717) is 14.5 Å². The van der Waals surface area contributed by atoms with Crippen molar-refractivity contribution in [3.63, 3.8) is 0 Å². The van der Waals surface area contributed by atoms with Gasteiger partial charge in [-0.25, -0.2) is 13.1 Å². The molecule has 108 valence electrons. The van der Waals surface area contributed by atoms with Gasteiger partial charge in [0.15, 0.2) is 0 Å². The summed E-state index contributed by atoms with van der Waals surface area (Å²) in [5, 5.41) is 8.99. The van der Waals surface area contributed by atoms with Crippen molar-refractivity contribution in [2.75, 3.05) is 0 Å². The van der Waals surface area contributed by atoms with Crippen LogP contribution >= 0.6 is 11.3 Å². The first-order valence-electron chi connectivity index (χ1n) is 6.54. The fourth-order valence-electron chi connectivity index (χ4n) is 2.38. The van der Waals surface area contributed by atoms with Gasteiger partial charge in [0, 0.05) is 10.9 Å². The van der Waals surface area contributed by atoms with Crippen molar-refractivity contribution in [3.05, 3.63) is 17.0 Å². The molecule has 0 aliphatic heterocycles. The van der Waals surface area contributed by atoms with Gasteiger partial charge in [0.1, 0.15) is 4.21 Å². The van der Waals surface area contributed by atoms with E-state index in [1.165, 1.54) is 0 Å². The van der Waals surface area contributed by atoms with Crippen LogP contribution in [0.4, 0.5) is 0 Å². The second-order valence-corrected chi connectivity index (χ2v) is 9.05. The summed E-state index contributed by atoms with van der Waals surface area (Å²) in [5.74, 6) is 0. The maximum Gasteiger partial charge on any atom is 0.250 e. The van der Waals surface area contributed by atoms with Crippen molar-refractivity contribution in [1.29, 1.82) is 0 Å². The zero-order valence-corrected chi connectivity index (χ0v) is 13.0. The van der Waals surface area contributed by atoms with E-state index in [-0.39, 0.29) is 12.6 Å². The molecule has 2 N–H and O–H groups in total. The van der Waals surface area contributed by atoms with Crippen molar-refractivity contribution >= 4 is 21.4 Å². The molecule has 0 atom stereocenters. The Labute approximate surface area is 118 Å². The SMILES string of the molecule is CC1(C)CCC(NS(=O)(=O)c2ccc(CO)s2)CC1. The molecule has 0 amide bonds. The van der Waals surface area contributed by atoms with Gasteiger partial charge in [0.05, 0.1) is 6.61 Å². The lowest BCUT2D eigenvalue weighted by Crippen LogP contribution is -2.38. The van der Waals surface area contributed by atoms with Gasteiger partial charge in [-0.3, -0.25) is 0 Å². The molecule has 6 heteroatoms.